The van der Waals surface area contributed by atoms with Gasteiger partial charge >= 0.3 is 7.60 Å². The lowest BCUT2D eigenvalue weighted by atomic mass is 10.4. The predicted octanol–water partition coefficient (Wildman–Crippen LogP) is 1.39. The quantitative estimate of drug-likeness (QED) is 0.524. The van der Waals surface area contributed by atoms with Gasteiger partial charge in [-0.25, -0.2) is 4.98 Å². The van der Waals surface area contributed by atoms with Crippen molar-refractivity contribution in [2.24, 2.45) is 5.73 Å². The summed E-state index contributed by atoms with van der Waals surface area (Å²) >= 11 is 0. The van der Waals surface area contributed by atoms with Crippen LogP contribution in [0.5, 0.6) is 0 Å². The summed E-state index contributed by atoms with van der Waals surface area (Å²) in [6.07, 6.45) is 5.03. The Balaban J connectivity index is 2.62. The molecule has 0 aliphatic rings. The van der Waals surface area contributed by atoms with Crippen LogP contribution >= 0.6 is 7.60 Å². The molecule has 118 valence electrons. The number of imidazole rings is 1. The van der Waals surface area contributed by atoms with Crippen molar-refractivity contribution in [1.82, 2.24) is 9.55 Å². The Labute approximate surface area is 123 Å². The van der Waals surface area contributed by atoms with Crippen LogP contribution < -0.4 is 11.5 Å². The zero-order chi connectivity index (χ0) is 15.9. The first-order valence-corrected chi connectivity index (χ1v) is 8.29. The van der Waals surface area contributed by atoms with Crippen molar-refractivity contribution in [3.05, 3.63) is 24.2 Å². The molecule has 1 rings (SSSR count). The average molecular weight is 316 g/mol. The minimum Gasteiger partial charge on any atom is -0.383 e. The molecule has 1 aromatic rings. The molecule has 0 bridgehead atoms. The monoisotopic (exact) mass is 316 g/mol. The molecule has 0 spiro atoms. The highest BCUT2D eigenvalue weighted by atomic mass is 31.2. The van der Waals surface area contributed by atoms with E-state index < -0.39 is 13.5 Å². The Kier molecular flexibility index (Phi) is 6.61. The summed E-state index contributed by atoms with van der Waals surface area (Å²) in [6.45, 7) is 4.54. The van der Waals surface area contributed by atoms with Crippen LogP contribution in [0.4, 0.5) is 5.82 Å². The second-order valence-corrected chi connectivity index (χ2v) is 6.20. The van der Waals surface area contributed by atoms with Gasteiger partial charge in [0.1, 0.15) is 5.82 Å². The summed E-state index contributed by atoms with van der Waals surface area (Å²) in [6, 6.07) is 0. The Morgan fingerprint density at radius 1 is 1.38 bits per heavy atom. The van der Waals surface area contributed by atoms with Gasteiger partial charge in [-0.3, -0.25) is 9.36 Å². The van der Waals surface area contributed by atoms with E-state index in [0.717, 1.165) is 0 Å². The van der Waals surface area contributed by atoms with E-state index >= 15 is 0 Å². The number of nitrogens with zero attached hydrogens (tertiary/aromatic N) is 2. The lowest BCUT2D eigenvalue weighted by Gasteiger charge is -2.14. The predicted molar refractivity (Wildman–Crippen MR) is 80.0 cm³/mol. The van der Waals surface area contributed by atoms with Crippen molar-refractivity contribution in [3.8, 4) is 0 Å². The van der Waals surface area contributed by atoms with Gasteiger partial charge in [-0.05, 0) is 13.8 Å². The van der Waals surface area contributed by atoms with Gasteiger partial charge < -0.3 is 25.1 Å². The number of hydrogen-bond acceptors (Lipinski definition) is 6. The number of aromatic nitrogens is 2. The number of amides is 1. The maximum atomic E-state index is 12.2. The van der Waals surface area contributed by atoms with E-state index in [2.05, 4.69) is 4.98 Å². The molecule has 21 heavy (non-hydrogen) atoms. The Bertz CT molecular complexity index is 545. The van der Waals surface area contributed by atoms with Crippen LogP contribution in [0.25, 0.3) is 0 Å². The van der Waals surface area contributed by atoms with E-state index in [0.29, 0.717) is 19.8 Å². The number of nitrogen functional groups attached to an aromatic ring is 1. The molecule has 9 heteroatoms. The molecule has 4 N–H and O–H groups in total. The van der Waals surface area contributed by atoms with Crippen molar-refractivity contribution < 1.29 is 18.4 Å². The van der Waals surface area contributed by atoms with Crippen LogP contribution in [0.1, 0.15) is 24.3 Å². The zero-order valence-corrected chi connectivity index (χ0v) is 13.1. The molecule has 0 aliphatic heterocycles. The summed E-state index contributed by atoms with van der Waals surface area (Å²) < 4.78 is 24.1. The lowest BCUT2D eigenvalue weighted by Crippen LogP contribution is -2.14. The SMILES string of the molecule is CCOP(=O)(C/C=C\Cn1cnc(C(N)=O)c1N)OCC. The third kappa shape index (κ3) is 5.00. The molecule has 0 aromatic carbocycles. The first-order valence-electron chi connectivity index (χ1n) is 6.57. The summed E-state index contributed by atoms with van der Waals surface area (Å²) in [5, 5.41) is 0. The van der Waals surface area contributed by atoms with Gasteiger partial charge in [-0.2, -0.15) is 0 Å². The van der Waals surface area contributed by atoms with Crippen LogP contribution in [0, 0.1) is 0 Å². The molecular formula is C12H21N4O4P. The number of carbonyl (C=O) groups is 1. The van der Waals surface area contributed by atoms with E-state index in [1.165, 1.54) is 6.33 Å². The van der Waals surface area contributed by atoms with E-state index in [4.69, 9.17) is 20.5 Å². The summed E-state index contributed by atoms with van der Waals surface area (Å²) in [7, 11) is -3.08. The summed E-state index contributed by atoms with van der Waals surface area (Å²) in [5.74, 6) is -0.475. The van der Waals surface area contributed by atoms with Gasteiger partial charge in [-0.15, -0.1) is 0 Å². The molecule has 0 aliphatic carbocycles. The number of primary amides is 1. The van der Waals surface area contributed by atoms with E-state index in [1.54, 1.807) is 30.6 Å². The van der Waals surface area contributed by atoms with Crippen molar-refractivity contribution in [2.75, 3.05) is 25.1 Å². The highest BCUT2D eigenvalue weighted by molar-refractivity contribution is 7.54. The molecule has 0 saturated carbocycles. The van der Waals surface area contributed by atoms with Crippen LogP contribution in [0.15, 0.2) is 18.5 Å². The second-order valence-electron chi connectivity index (χ2n) is 4.10. The number of anilines is 1. The van der Waals surface area contributed by atoms with E-state index in [1.807, 2.05) is 0 Å². The second kappa shape index (κ2) is 7.97. The Morgan fingerprint density at radius 2 is 2.00 bits per heavy atom. The minimum absolute atomic E-state index is 0.0395. The van der Waals surface area contributed by atoms with Gasteiger partial charge in [0.25, 0.3) is 5.91 Å². The fourth-order valence-corrected chi connectivity index (χ4v) is 3.13. The minimum atomic E-state index is -3.08. The third-order valence-electron chi connectivity index (χ3n) is 2.56. The van der Waals surface area contributed by atoms with Crippen molar-refractivity contribution in [2.45, 2.75) is 20.4 Å². The molecule has 0 radical (unpaired) electrons. The number of allylic oxidation sites excluding steroid dienone is 2. The van der Waals surface area contributed by atoms with Crippen molar-refractivity contribution in [3.63, 3.8) is 0 Å². The van der Waals surface area contributed by atoms with Crippen LogP contribution in [-0.4, -0.2) is 34.8 Å². The van der Waals surface area contributed by atoms with Gasteiger partial charge in [0, 0.05) is 6.54 Å². The number of carbonyl (C=O) groups excluding carboxylic acids is 1. The Morgan fingerprint density at radius 3 is 2.48 bits per heavy atom. The third-order valence-corrected chi connectivity index (χ3v) is 4.52. The normalized spacial score (nSPS) is 12.1. The van der Waals surface area contributed by atoms with Crippen LogP contribution in [-0.2, 0) is 20.2 Å². The standard InChI is InChI=1S/C12H21N4O4P/c1-3-19-21(18,20-4-2)8-6-5-7-16-9-15-10(11(16)13)12(14)17/h5-6,9H,3-4,7-8,13H2,1-2H3,(H2,14,17)/b6-5-. The lowest BCUT2D eigenvalue weighted by molar-refractivity contribution is 0.0997. The molecule has 1 heterocycles. The molecule has 8 nitrogen and oxygen atoms in total. The molecular weight excluding hydrogens is 295 g/mol. The maximum absolute atomic E-state index is 12.2. The fraction of sp³-hybridized carbons (Fsp3) is 0.500. The molecule has 0 atom stereocenters. The molecule has 0 unspecified atom stereocenters. The number of rotatable bonds is 9. The smallest absolute Gasteiger partial charge is 0.334 e. The van der Waals surface area contributed by atoms with Gasteiger partial charge in [0.15, 0.2) is 5.69 Å². The maximum Gasteiger partial charge on any atom is 0.334 e. The zero-order valence-electron chi connectivity index (χ0n) is 12.2. The van der Waals surface area contributed by atoms with Crippen LogP contribution in [0.2, 0.25) is 0 Å². The average Bonchev–Trinajstić information content (AvgIpc) is 2.77. The topological polar surface area (TPSA) is 122 Å². The summed E-state index contributed by atoms with van der Waals surface area (Å²) in [5.41, 5.74) is 10.9. The van der Waals surface area contributed by atoms with E-state index in [9.17, 15) is 9.36 Å². The van der Waals surface area contributed by atoms with Gasteiger partial charge in [0.05, 0.1) is 25.7 Å². The Hall–Kier alpha value is -1.63. The highest BCUT2D eigenvalue weighted by Crippen LogP contribution is 2.47. The highest BCUT2D eigenvalue weighted by Gasteiger charge is 2.21. The first-order chi connectivity index (χ1) is 9.93. The van der Waals surface area contributed by atoms with Gasteiger partial charge in [0.2, 0.25) is 0 Å². The molecule has 0 fully saturated rings. The first kappa shape index (κ1) is 17.4. The van der Waals surface area contributed by atoms with E-state index in [-0.39, 0.29) is 17.7 Å². The van der Waals surface area contributed by atoms with Crippen molar-refractivity contribution >= 4 is 19.3 Å². The number of nitrogens with two attached hydrogens (primary N) is 2. The summed E-state index contributed by atoms with van der Waals surface area (Å²) in [4.78, 5) is 14.8. The fourth-order valence-electron chi connectivity index (χ4n) is 1.65. The van der Waals surface area contributed by atoms with Crippen molar-refractivity contribution in [1.29, 1.82) is 0 Å². The molecule has 0 saturated heterocycles. The largest absolute Gasteiger partial charge is 0.383 e. The number of hydrogen-bond donors (Lipinski definition) is 2. The van der Waals surface area contributed by atoms with Gasteiger partial charge in [-0.1, -0.05) is 12.2 Å². The molecule has 1 amide bonds. The molecule has 1 aromatic heterocycles. The van der Waals surface area contributed by atoms with Crippen LogP contribution in [0.3, 0.4) is 0 Å².